The van der Waals surface area contributed by atoms with Gasteiger partial charge in [-0.05, 0) is 19.4 Å². The Labute approximate surface area is 140 Å². The van der Waals surface area contributed by atoms with E-state index in [9.17, 15) is 18.0 Å². The molecule has 7 heteroatoms. The SMILES string of the molecule is Cc1cccc(CN2CCN(C(C)C(=O)NCC(F)(F)F)CC2)c1. The number of alkyl halides is 3. The monoisotopic (exact) mass is 343 g/mol. The van der Waals surface area contributed by atoms with Crippen molar-refractivity contribution in [3.63, 3.8) is 0 Å². The molecule has 4 nitrogen and oxygen atoms in total. The molecule has 0 saturated carbocycles. The lowest BCUT2D eigenvalue weighted by Gasteiger charge is -2.37. The molecule has 24 heavy (non-hydrogen) atoms. The molecule has 0 aromatic heterocycles. The number of rotatable bonds is 5. The first-order valence-corrected chi connectivity index (χ1v) is 8.11. The molecule has 1 aliphatic rings. The second-order valence-corrected chi connectivity index (χ2v) is 6.31. The second-order valence-electron chi connectivity index (χ2n) is 6.31. The Hall–Kier alpha value is -1.60. The lowest BCUT2D eigenvalue weighted by molar-refractivity contribution is -0.141. The number of aryl methyl sites for hydroxylation is 1. The van der Waals surface area contributed by atoms with E-state index >= 15 is 0 Å². The van der Waals surface area contributed by atoms with E-state index in [1.807, 2.05) is 16.3 Å². The summed E-state index contributed by atoms with van der Waals surface area (Å²) in [5.41, 5.74) is 2.47. The molecule has 1 amide bonds. The molecule has 1 unspecified atom stereocenters. The molecule has 1 aromatic carbocycles. The van der Waals surface area contributed by atoms with Crippen LogP contribution in [-0.2, 0) is 11.3 Å². The summed E-state index contributed by atoms with van der Waals surface area (Å²) in [5.74, 6) is -0.570. The molecule has 134 valence electrons. The van der Waals surface area contributed by atoms with Gasteiger partial charge in [0.05, 0.1) is 6.04 Å². The molecule has 0 bridgehead atoms. The number of nitrogens with zero attached hydrogens (tertiary/aromatic N) is 2. The zero-order chi connectivity index (χ0) is 17.7. The van der Waals surface area contributed by atoms with Crippen LogP contribution in [0.3, 0.4) is 0 Å². The van der Waals surface area contributed by atoms with Crippen LogP contribution in [0.5, 0.6) is 0 Å². The van der Waals surface area contributed by atoms with Gasteiger partial charge in [-0.25, -0.2) is 0 Å². The summed E-state index contributed by atoms with van der Waals surface area (Å²) >= 11 is 0. The summed E-state index contributed by atoms with van der Waals surface area (Å²) in [6, 6.07) is 7.79. The number of hydrogen-bond acceptors (Lipinski definition) is 3. The van der Waals surface area contributed by atoms with E-state index in [-0.39, 0.29) is 0 Å². The van der Waals surface area contributed by atoms with Crippen LogP contribution >= 0.6 is 0 Å². The molecule has 1 aromatic rings. The molecular weight excluding hydrogens is 319 g/mol. The summed E-state index contributed by atoms with van der Waals surface area (Å²) in [4.78, 5) is 16.1. The van der Waals surface area contributed by atoms with Crippen LogP contribution < -0.4 is 5.32 Å². The van der Waals surface area contributed by atoms with Gasteiger partial charge in [-0.3, -0.25) is 14.6 Å². The number of piperazine rings is 1. The highest BCUT2D eigenvalue weighted by atomic mass is 19.4. The van der Waals surface area contributed by atoms with Crippen molar-refractivity contribution >= 4 is 5.91 Å². The van der Waals surface area contributed by atoms with Gasteiger partial charge < -0.3 is 5.32 Å². The minimum atomic E-state index is -4.37. The fourth-order valence-corrected chi connectivity index (χ4v) is 2.88. The van der Waals surface area contributed by atoms with Crippen molar-refractivity contribution in [2.45, 2.75) is 32.6 Å². The van der Waals surface area contributed by atoms with E-state index in [4.69, 9.17) is 0 Å². The first-order valence-electron chi connectivity index (χ1n) is 8.11. The number of carbonyl (C=O) groups is 1. The third-order valence-corrected chi connectivity index (χ3v) is 4.29. The van der Waals surface area contributed by atoms with Gasteiger partial charge in [-0.2, -0.15) is 13.2 Å². The predicted molar refractivity (Wildman–Crippen MR) is 86.6 cm³/mol. The van der Waals surface area contributed by atoms with Crippen LogP contribution in [0.15, 0.2) is 24.3 Å². The number of nitrogens with one attached hydrogen (secondary N) is 1. The number of halogens is 3. The normalized spacial score (nSPS) is 18.4. The summed E-state index contributed by atoms with van der Waals surface area (Å²) in [5, 5.41) is 1.96. The maximum absolute atomic E-state index is 12.2. The average Bonchev–Trinajstić information content (AvgIpc) is 2.52. The van der Waals surface area contributed by atoms with Crippen molar-refractivity contribution < 1.29 is 18.0 Å². The smallest absolute Gasteiger partial charge is 0.346 e. The van der Waals surface area contributed by atoms with E-state index < -0.39 is 24.7 Å². The highest BCUT2D eigenvalue weighted by Crippen LogP contribution is 2.14. The van der Waals surface area contributed by atoms with Crippen LogP contribution in [0.25, 0.3) is 0 Å². The summed E-state index contributed by atoms with van der Waals surface area (Å²) < 4.78 is 36.5. The highest BCUT2D eigenvalue weighted by Gasteiger charge is 2.31. The van der Waals surface area contributed by atoms with Gasteiger partial charge in [0.25, 0.3) is 0 Å². The molecule has 1 saturated heterocycles. The first kappa shape index (κ1) is 18.7. The van der Waals surface area contributed by atoms with E-state index in [1.165, 1.54) is 11.1 Å². The Morgan fingerprint density at radius 1 is 1.25 bits per heavy atom. The Kier molecular flexibility index (Phi) is 6.23. The summed E-state index contributed by atoms with van der Waals surface area (Å²) in [6.07, 6.45) is -4.37. The van der Waals surface area contributed by atoms with Crippen LogP contribution in [0.4, 0.5) is 13.2 Å². The van der Waals surface area contributed by atoms with Crippen LogP contribution in [-0.4, -0.2) is 60.6 Å². The van der Waals surface area contributed by atoms with Gasteiger partial charge in [0.1, 0.15) is 6.54 Å². The minimum Gasteiger partial charge on any atom is -0.346 e. The minimum absolute atomic E-state index is 0.548. The van der Waals surface area contributed by atoms with Crippen molar-refractivity contribution in [1.29, 1.82) is 0 Å². The lowest BCUT2D eigenvalue weighted by Crippen LogP contribution is -2.54. The first-order chi connectivity index (χ1) is 11.2. The van der Waals surface area contributed by atoms with E-state index in [0.717, 1.165) is 19.6 Å². The Morgan fingerprint density at radius 2 is 1.92 bits per heavy atom. The molecule has 1 aliphatic heterocycles. The summed E-state index contributed by atoms with van der Waals surface area (Å²) in [6.45, 7) is 6.23. The molecule has 2 rings (SSSR count). The number of hydrogen-bond donors (Lipinski definition) is 1. The third kappa shape index (κ3) is 5.79. The van der Waals surface area contributed by atoms with E-state index in [1.54, 1.807) is 6.92 Å². The predicted octanol–water partition coefficient (Wildman–Crippen LogP) is 2.18. The number of benzene rings is 1. The molecular formula is C17H24F3N3O. The molecule has 0 spiro atoms. The molecule has 1 atom stereocenters. The van der Waals surface area contributed by atoms with Crippen LogP contribution in [0.2, 0.25) is 0 Å². The highest BCUT2D eigenvalue weighted by molar-refractivity contribution is 5.81. The standard InChI is InChI=1S/C17H24F3N3O/c1-13-4-3-5-15(10-13)11-22-6-8-23(9-7-22)14(2)16(24)21-12-17(18,19)20/h3-5,10,14H,6-9,11-12H2,1-2H3,(H,21,24). The number of amides is 1. The molecule has 1 N–H and O–H groups in total. The van der Waals surface area contributed by atoms with Crippen LogP contribution in [0.1, 0.15) is 18.1 Å². The fourth-order valence-electron chi connectivity index (χ4n) is 2.88. The van der Waals surface area contributed by atoms with Gasteiger partial charge in [0.15, 0.2) is 0 Å². The van der Waals surface area contributed by atoms with Crippen molar-refractivity contribution in [2.24, 2.45) is 0 Å². The zero-order valence-electron chi connectivity index (χ0n) is 14.1. The second kappa shape index (κ2) is 7.98. The fraction of sp³-hybridized carbons (Fsp3) is 0.588. The number of carbonyl (C=O) groups excluding carboxylic acids is 1. The summed E-state index contributed by atoms with van der Waals surface area (Å²) in [7, 11) is 0. The van der Waals surface area contributed by atoms with Crippen molar-refractivity contribution in [3.8, 4) is 0 Å². The zero-order valence-corrected chi connectivity index (χ0v) is 14.1. The Balaban J connectivity index is 1.78. The molecule has 0 aliphatic carbocycles. The van der Waals surface area contributed by atoms with Crippen molar-refractivity contribution in [1.82, 2.24) is 15.1 Å². The molecule has 1 heterocycles. The van der Waals surface area contributed by atoms with Gasteiger partial charge in [0.2, 0.25) is 5.91 Å². The van der Waals surface area contributed by atoms with Gasteiger partial charge in [-0.1, -0.05) is 29.8 Å². The largest absolute Gasteiger partial charge is 0.405 e. The van der Waals surface area contributed by atoms with E-state index in [2.05, 4.69) is 30.0 Å². The topological polar surface area (TPSA) is 35.6 Å². The van der Waals surface area contributed by atoms with E-state index in [0.29, 0.717) is 13.1 Å². The van der Waals surface area contributed by atoms with Gasteiger partial charge in [0, 0.05) is 32.7 Å². The quantitative estimate of drug-likeness (QED) is 0.890. The molecule has 1 fully saturated rings. The van der Waals surface area contributed by atoms with Crippen molar-refractivity contribution in [2.75, 3.05) is 32.7 Å². The Morgan fingerprint density at radius 3 is 2.50 bits per heavy atom. The third-order valence-electron chi connectivity index (χ3n) is 4.29. The van der Waals surface area contributed by atoms with Crippen LogP contribution in [0, 0.1) is 6.92 Å². The lowest BCUT2D eigenvalue weighted by atomic mass is 10.1. The maximum Gasteiger partial charge on any atom is 0.405 e. The maximum atomic E-state index is 12.2. The van der Waals surface area contributed by atoms with Gasteiger partial charge in [-0.15, -0.1) is 0 Å². The molecule has 0 radical (unpaired) electrons. The Bertz CT molecular complexity index is 554. The average molecular weight is 343 g/mol. The van der Waals surface area contributed by atoms with Crippen molar-refractivity contribution in [3.05, 3.63) is 35.4 Å². The van der Waals surface area contributed by atoms with Gasteiger partial charge >= 0.3 is 6.18 Å².